The maximum Gasteiger partial charge on any atom is 0.108 e. The standard InChI is InChI=1S/C8H17NO2/c1-7-6-11-8(2)9(7)4-3-5-10/h7-8,10H,3-6H2,1-2H3. The minimum Gasteiger partial charge on any atom is -0.396 e. The van der Waals surface area contributed by atoms with Gasteiger partial charge in [0.25, 0.3) is 0 Å². The molecule has 0 radical (unpaired) electrons. The minimum atomic E-state index is 0.233. The van der Waals surface area contributed by atoms with Gasteiger partial charge in [-0.25, -0.2) is 0 Å². The average Bonchev–Trinajstić information content (AvgIpc) is 2.29. The smallest absolute Gasteiger partial charge is 0.108 e. The summed E-state index contributed by atoms with van der Waals surface area (Å²) in [7, 11) is 0. The first-order valence-electron chi connectivity index (χ1n) is 4.24. The van der Waals surface area contributed by atoms with Crippen LogP contribution in [0.2, 0.25) is 0 Å². The van der Waals surface area contributed by atoms with Gasteiger partial charge < -0.3 is 9.84 Å². The highest BCUT2D eigenvalue weighted by Gasteiger charge is 2.26. The molecule has 0 aliphatic carbocycles. The van der Waals surface area contributed by atoms with Gasteiger partial charge in [-0.1, -0.05) is 0 Å². The van der Waals surface area contributed by atoms with Gasteiger partial charge in [0.15, 0.2) is 0 Å². The van der Waals surface area contributed by atoms with Crippen LogP contribution in [-0.4, -0.2) is 42.0 Å². The number of hydrogen-bond donors (Lipinski definition) is 1. The van der Waals surface area contributed by atoms with Crippen LogP contribution in [0.5, 0.6) is 0 Å². The van der Waals surface area contributed by atoms with E-state index in [9.17, 15) is 0 Å². The maximum atomic E-state index is 8.63. The molecule has 0 amide bonds. The van der Waals surface area contributed by atoms with Crippen LogP contribution in [0.4, 0.5) is 0 Å². The van der Waals surface area contributed by atoms with Crippen molar-refractivity contribution in [2.24, 2.45) is 0 Å². The second kappa shape index (κ2) is 4.04. The van der Waals surface area contributed by atoms with Crippen molar-refractivity contribution in [1.82, 2.24) is 4.90 Å². The van der Waals surface area contributed by atoms with Gasteiger partial charge in [0, 0.05) is 19.2 Å². The highest BCUT2D eigenvalue weighted by atomic mass is 16.5. The van der Waals surface area contributed by atoms with E-state index in [1.165, 1.54) is 0 Å². The summed E-state index contributed by atoms with van der Waals surface area (Å²) >= 11 is 0. The third kappa shape index (κ3) is 2.15. The molecule has 1 aliphatic heterocycles. The fraction of sp³-hybridized carbons (Fsp3) is 1.00. The van der Waals surface area contributed by atoms with E-state index in [-0.39, 0.29) is 12.8 Å². The molecule has 0 spiro atoms. The lowest BCUT2D eigenvalue weighted by Crippen LogP contribution is -2.34. The Kier molecular flexibility index (Phi) is 3.30. The number of aliphatic hydroxyl groups excluding tert-OH is 1. The summed E-state index contributed by atoms with van der Waals surface area (Å²) in [6, 6.07) is 0.511. The van der Waals surface area contributed by atoms with Gasteiger partial charge in [0.1, 0.15) is 6.23 Å². The van der Waals surface area contributed by atoms with E-state index in [1.807, 2.05) is 0 Å². The predicted molar refractivity (Wildman–Crippen MR) is 43.3 cm³/mol. The molecule has 3 heteroatoms. The molecule has 0 saturated carbocycles. The SMILES string of the molecule is CC1COC(C)N1CCCO. The number of rotatable bonds is 3. The lowest BCUT2D eigenvalue weighted by atomic mass is 10.3. The Morgan fingerprint density at radius 2 is 2.27 bits per heavy atom. The molecule has 1 fully saturated rings. The molecule has 66 valence electrons. The Labute approximate surface area is 68.0 Å². The Morgan fingerprint density at radius 1 is 1.55 bits per heavy atom. The van der Waals surface area contributed by atoms with E-state index in [1.54, 1.807) is 0 Å². The summed E-state index contributed by atoms with van der Waals surface area (Å²) in [6.45, 7) is 6.25. The minimum absolute atomic E-state index is 0.233. The molecule has 2 unspecified atom stereocenters. The van der Waals surface area contributed by atoms with Crippen LogP contribution in [-0.2, 0) is 4.74 Å². The van der Waals surface area contributed by atoms with E-state index in [0.717, 1.165) is 19.6 Å². The zero-order valence-electron chi connectivity index (χ0n) is 7.29. The zero-order valence-corrected chi connectivity index (χ0v) is 7.29. The molecular weight excluding hydrogens is 142 g/mol. The van der Waals surface area contributed by atoms with Crippen LogP contribution in [0.1, 0.15) is 20.3 Å². The maximum absolute atomic E-state index is 8.63. The first-order valence-corrected chi connectivity index (χ1v) is 4.24. The zero-order chi connectivity index (χ0) is 8.27. The van der Waals surface area contributed by atoms with E-state index in [0.29, 0.717) is 6.04 Å². The number of nitrogens with zero attached hydrogens (tertiary/aromatic N) is 1. The van der Waals surface area contributed by atoms with Crippen molar-refractivity contribution in [2.45, 2.75) is 32.5 Å². The lowest BCUT2D eigenvalue weighted by molar-refractivity contribution is 0.0440. The van der Waals surface area contributed by atoms with Gasteiger partial charge in [-0.2, -0.15) is 0 Å². The highest BCUT2D eigenvalue weighted by molar-refractivity contribution is 4.74. The van der Waals surface area contributed by atoms with Gasteiger partial charge in [-0.05, 0) is 20.3 Å². The predicted octanol–water partition coefficient (Wildman–Crippen LogP) is 0.435. The molecule has 1 saturated heterocycles. The molecular formula is C8H17NO2. The van der Waals surface area contributed by atoms with Gasteiger partial charge >= 0.3 is 0 Å². The molecule has 0 bridgehead atoms. The Hall–Kier alpha value is -0.120. The van der Waals surface area contributed by atoms with Crippen molar-refractivity contribution < 1.29 is 9.84 Å². The third-order valence-corrected chi connectivity index (χ3v) is 2.19. The second-order valence-corrected chi connectivity index (χ2v) is 3.10. The van der Waals surface area contributed by atoms with E-state index in [2.05, 4.69) is 18.7 Å². The fourth-order valence-electron chi connectivity index (χ4n) is 1.48. The summed E-state index contributed by atoms with van der Waals surface area (Å²) < 4.78 is 5.42. The van der Waals surface area contributed by atoms with Crippen LogP contribution in [0.3, 0.4) is 0 Å². The van der Waals surface area contributed by atoms with Crippen molar-refractivity contribution >= 4 is 0 Å². The van der Waals surface area contributed by atoms with Crippen molar-refractivity contribution in [2.75, 3.05) is 19.8 Å². The normalized spacial score (nSPS) is 33.0. The molecule has 3 nitrogen and oxygen atoms in total. The molecule has 11 heavy (non-hydrogen) atoms. The van der Waals surface area contributed by atoms with Gasteiger partial charge in [-0.15, -0.1) is 0 Å². The molecule has 1 N–H and O–H groups in total. The highest BCUT2D eigenvalue weighted by Crippen LogP contribution is 2.15. The number of hydrogen-bond acceptors (Lipinski definition) is 3. The van der Waals surface area contributed by atoms with Crippen molar-refractivity contribution in [3.05, 3.63) is 0 Å². The van der Waals surface area contributed by atoms with Gasteiger partial charge in [0.2, 0.25) is 0 Å². The lowest BCUT2D eigenvalue weighted by Gasteiger charge is -2.22. The Morgan fingerprint density at radius 3 is 2.73 bits per heavy atom. The first-order chi connectivity index (χ1) is 5.25. The van der Waals surface area contributed by atoms with E-state index < -0.39 is 0 Å². The third-order valence-electron chi connectivity index (χ3n) is 2.19. The molecule has 1 heterocycles. The number of ether oxygens (including phenoxy) is 1. The van der Waals surface area contributed by atoms with E-state index >= 15 is 0 Å². The summed E-state index contributed by atoms with van der Waals surface area (Å²) in [6.07, 6.45) is 1.08. The van der Waals surface area contributed by atoms with Crippen molar-refractivity contribution in [1.29, 1.82) is 0 Å². The number of aliphatic hydroxyl groups is 1. The Balaban J connectivity index is 2.29. The van der Waals surface area contributed by atoms with Crippen molar-refractivity contribution in [3.8, 4) is 0 Å². The molecule has 1 aliphatic rings. The average molecular weight is 159 g/mol. The van der Waals surface area contributed by atoms with E-state index in [4.69, 9.17) is 9.84 Å². The summed E-state index contributed by atoms with van der Waals surface area (Å²) in [4.78, 5) is 2.27. The molecule has 0 aromatic carbocycles. The van der Waals surface area contributed by atoms with Crippen LogP contribution in [0.25, 0.3) is 0 Å². The van der Waals surface area contributed by atoms with Crippen LogP contribution in [0, 0.1) is 0 Å². The quantitative estimate of drug-likeness (QED) is 0.648. The van der Waals surface area contributed by atoms with Gasteiger partial charge in [-0.3, -0.25) is 4.90 Å². The van der Waals surface area contributed by atoms with Gasteiger partial charge in [0.05, 0.1) is 6.61 Å². The molecule has 1 rings (SSSR count). The first kappa shape index (κ1) is 8.97. The molecule has 2 atom stereocenters. The van der Waals surface area contributed by atoms with Crippen molar-refractivity contribution in [3.63, 3.8) is 0 Å². The second-order valence-electron chi connectivity index (χ2n) is 3.10. The topological polar surface area (TPSA) is 32.7 Å². The molecule has 0 aromatic rings. The summed E-state index contributed by atoms with van der Waals surface area (Å²) in [5, 5.41) is 8.63. The largest absolute Gasteiger partial charge is 0.396 e. The van der Waals surface area contributed by atoms with Crippen LogP contribution >= 0.6 is 0 Å². The summed E-state index contributed by atoms with van der Waals surface area (Å²) in [5.74, 6) is 0. The van der Waals surface area contributed by atoms with Crippen LogP contribution < -0.4 is 0 Å². The molecule has 0 aromatic heterocycles. The Bertz CT molecular complexity index is 109. The monoisotopic (exact) mass is 159 g/mol. The summed E-state index contributed by atoms with van der Waals surface area (Å²) in [5.41, 5.74) is 0. The fourth-order valence-corrected chi connectivity index (χ4v) is 1.48. The van der Waals surface area contributed by atoms with Crippen LogP contribution in [0.15, 0.2) is 0 Å².